The monoisotopic (exact) mass is 202 g/mol. The van der Waals surface area contributed by atoms with Crippen molar-refractivity contribution in [3.05, 3.63) is 35.4 Å². The Morgan fingerprint density at radius 1 is 1.40 bits per heavy atom. The number of ether oxygens (including phenoxy) is 1. The molecule has 0 aliphatic rings. The Hall–Kier alpha value is -2.08. The molecule has 0 aliphatic carbocycles. The van der Waals surface area contributed by atoms with Crippen LogP contribution in [0.5, 0.6) is 0 Å². The predicted octanol–water partition coefficient (Wildman–Crippen LogP) is 1.41. The highest BCUT2D eigenvalue weighted by Crippen LogP contribution is 2.04. The zero-order valence-electron chi connectivity index (χ0n) is 8.32. The summed E-state index contributed by atoms with van der Waals surface area (Å²) in [6, 6.07) is 6.70. The summed E-state index contributed by atoms with van der Waals surface area (Å²) in [5, 5.41) is 0. The number of methoxy groups -OCH3 is 1. The van der Waals surface area contributed by atoms with Crippen molar-refractivity contribution in [2.24, 2.45) is 0 Å². The van der Waals surface area contributed by atoms with E-state index in [4.69, 9.17) is 0 Å². The molecule has 0 radical (unpaired) electrons. The number of rotatable bonds is 2. The summed E-state index contributed by atoms with van der Waals surface area (Å²) >= 11 is 0. The van der Waals surface area contributed by atoms with Crippen LogP contribution in [0, 0.1) is 11.8 Å². The van der Waals surface area contributed by atoms with Gasteiger partial charge in [0, 0.05) is 5.56 Å². The first-order valence-corrected chi connectivity index (χ1v) is 4.39. The van der Waals surface area contributed by atoms with Gasteiger partial charge in [-0.2, -0.15) is 0 Å². The second kappa shape index (κ2) is 5.61. The molecule has 0 fully saturated rings. The smallest absolute Gasteiger partial charge is 0.337 e. The molecule has 15 heavy (non-hydrogen) atoms. The average molecular weight is 202 g/mol. The number of esters is 1. The summed E-state index contributed by atoms with van der Waals surface area (Å²) in [4.78, 5) is 21.1. The topological polar surface area (TPSA) is 43.4 Å². The van der Waals surface area contributed by atoms with Crippen LogP contribution < -0.4 is 0 Å². The van der Waals surface area contributed by atoms with Gasteiger partial charge in [-0.1, -0.05) is 11.8 Å². The van der Waals surface area contributed by atoms with E-state index in [1.165, 1.54) is 7.11 Å². The van der Waals surface area contributed by atoms with Gasteiger partial charge in [0.2, 0.25) is 0 Å². The second-order valence-electron chi connectivity index (χ2n) is 2.74. The van der Waals surface area contributed by atoms with Gasteiger partial charge in [-0.3, -0.25) is 0 Å². The van der Waals surface area contributed by atoms with Crippen LogP contribution in [0.25, 0.3) is 0 Å². The molecule has 76 valence electrons. The fraction of sp³-hybridized carbons (Fsp3) is 0.167. The molecule has 3 heteroatoms. The van der Waals surface area contributed by atoms with Crippen molar-refractivity contribution < 1.29 is 14.3 Å². The van der Waals surface area contributed by atoms with E-state index in [1.54, 1.807) is 24.3 Å². The largest absolute Gasteiger partial charge is 0.465 e. The van der Waals surface area contributed by atoms with Crippen LogP contribution in [-0.4, -0.2) is 19.4 Å². The fourth-order valence-corrected chi connectivity index (χ4v) is 1.00. The van der Waals surface area contributed by atoms with E-state index < -0.39 is 0 Å². The van der Waals surface area contributed by atoms with Crippen LogP contribution in [0.1, 0.15) is 22.3 Å². The van der Waals surface area contributed by atoms with Crippen molar-refractivity contribution in [1.29, 1.82) is 0 Å². The molecule has 0 aliphatic heterocycles. The van der Waals surface area contributed by atoms with Crippen LogP contribution in [-0.2, 0) is 9.53 Å². The third kappa shape index (κ3) is 3.28. The fourth-order valence-electron chi connectivity index (χ4n) is 1.00. The third-order valence-corrected chi connectivity index (χ3v) is 1.72. The molecule has 0 bridgehead atoms. The SMILES string of the molecule is COC(=O)c1ccc(C#CCC=O)cc1. The molecule has 0 saturated heterocycles. The maximum Gasteiger partial charge on any atom is 0.337 e. The van der Waals surface area contributed by atoms with Gasteiger partial charge in [-0.15, -0.1) is 0 Å². The number of carbonyl (C=O) groups excluding carboxylic acids is 2. The summed E-state index contributed by atoms with van der Waals surface area (Å²) in [5.74, 6) is 5.10. The van der Waals surface area contributed by atoms with Gasteiger partial charge < -0.3 is 9.53 Å². The van der Waals surface area contributed by atoms with Gasteiger partial charge in [0.25, 0.3) is 0 Å². The lowest BCUT2D eigenvalue weighted by Crippen LogP contribution is -2.00. The van der Waals surface area contributed by atoms with Crippen molar-refractivity contribution in [2.45, 2.75) is 6.42 Å². The molecule has 3 nitrogen and oxygen atoms in total. The Bertz CT molecular complexity index is 407. The van der Waals surface area contributed by atoms with Gasteiger partial charge in [0.15, 0.2) is 0 Å². The number of aldehydes is 1. The van der Waals surface area contributed by atoms with Crippen LogP contribution in [0.3, 0.4) is 0 Å². The van der Waals surface area contributed by atoms with E-state index in [2.05, 4.69) is 16.6 Å². The highest BCUT2D eigenvalue weighted by atomic mass is 16.5. The number of benzene rings is 1. The predicted molar refractivity (Wildman–Crippen MR) is 55.3 cm³/mol. The highest BCUT2D eigenvalue weighted by Gasteiger charge is 2.02. The summed E-state index contributed by atoms with van der Waals surface area (Å²) in [6.07, 6.45) is 0.967. The minimum absolute atomic E-state index is 0.221. The lowest BCUT2D eigenvalue weighted by molar-refractivity contribution is -0.107. The molecule has 0 spiro atoms. The van der Waals surface area contributed by atoms with E-state index >= 15 is 0 Å². The van der Waals surface area contributed by atoms with E-state index in [9.17, 15) is 9.59 Å². The van der Waals surface area contributed by atoms with Crippen molar-refractivity contribution in [3.8, 4) is 11.8 Å². The summed E-state index contributed by atoms with van der Waals surface area (Å²) in [7, 11) is 1.33. The maximum atomic E-state index is 11.1. The van der Waals surface area contributed by atoms with Crippen LogP contribution in [0.4, 0.5) is 0 Å². The van der Waals surface area contributed by atoms with Gasteiger partial charge in [0.1, 0.15) is 6.29 Å². The Morgan fingerprint density at radius 3 is 2.60 bits per heavy atom. The van der Waals surface area contributed by atoms with Crippen molar-refractivity contribution >= 4 is 12.3 Å². The summed E-state index contributed by atoms with van der Waals surface area (Å²) in [5.41, 5.74) is 1.25. The quantitative estimate of drug-likeness (QED) is 0.414. The van der Waals surface area contributed by atoms with Gasteiger partial charge in [-0.05, 0) is 24.3 Å². The Balaban J connectivity index is 2.77. The van der Waals surface area contributed by atoms with Crippen molar-refractivity contribution in [2.75, 3.05) is 7.11 Å². The molecular weight excluding hydrogens is 192 g/mol. The Kier molecular flexibility index (Phi) is 4.11. The van der Waals surface area contributed by atoms with Gasteiger partial charge in [0.05, 0.1) is 19.1 Å². The molecule has 0 saturated carbocycles. The minimum atomic E-state index is -0.373. The summed E-state index contributed by atoms with van der Waals surface area (Å²) < 4.78 is 4.55. The van der Waals surface area contributed by atoms with E-state index in [0.717, 1.165) is 11.8 Å². The molecule has 0 aromatic heterocycles. The van der Waals surface area contributed by atoms with E-state index in [-0.39, 0.29) is 12.4 Å². The van der Waals surface area contributed by atoms with Crippen LogP contribution in [0.2, 0.25) is 0 Å². The molecule has 0 heterocycles. The molecule has 1 aromatic rings. The molecular formula is C12H10O3. The van der Waals surface area contributed by atoms with Crippen LogP contribution in [0.15, 0.2) is 24.3 Å². The first kappa shape index (κ1) is 11.0. The summed E-state index contributed by atoms with van der Waals surface area (Å²) in [6.45, 7) is 0. The maximum absolute atomic E-state index is 11.1. The first-order valence-electron chi connectivity index (χ1n) is 4.39. The van der Waals surface area contributed by atoms with Crippen molar-refractivity contribution in [3.63, 3.8) is 0 Å². The van der Waals surface area contributed by atoms with Gasteiger partial charge in [-0.25, -0.2) is 4.79 Å². The third-order valence-electron chi connectivity index (χ3n) is 1.72. The average Bonchev–Trinajstić information content (AvgIpc) is 2.29. The zero-order valence-corrected chi connectivity index (χ0v) is 8.32. The van der Waals surface area contributed by atoms with Gasteiger partial charge >= 0.3 is 5.97 Å². The first-order chi connectivity index (χ1) is 7.27. The molecule has 0 amide bonds. The second-order valence-corrected chi connectivity index (χ2v) is 2.74. The molecule has 0 unspecified atom stereocenters. The molecule has 0 atom stereocenters. The lowest BCUT2D eigenvalue weighted by Gasteiger charge is -1.97. The number of hydrogen-bond donors (Lipinski definition) is 0. The van der Waals surface area contributed by atoms with E-state index in [0.29, 0.717) is 5.56 Å². The highest BCUT2D eigenvalue weighted by molar-refractivity contribution is 5.89. The number of hydrogen-bond acceptors (Lipinski definition) is 3. The Morgan fingerprint density at radius 2 is 2.07 bits per heavy atom. The number of carbonyl (C=O) groups is 2. The zero-order chi connectivity index (χ0) is 11.1. The minimum Gasteiger partial charge on any atom is -0.465 e. The van der Waals surface area contributed by atoms with E-state index in [1.807, 2.05) is 0 Å². The lowest BCUT2D eigenvalue weighted by atomic mass is 10.1. The molecule has 1 aromatic carbocycles. The van der Waals surface area contributed by atoms with Crippen molar-refractivity contribution in [1.82, 2.24) is 0 Å². The molecule has 0 N–H and O–H groups in total. The van der Waals surface area contributed by atoms with Crippen LogP contribution >= 0.6 is 0 Å². The standard InChI is InChI=1S/C12H10O3/c1-15-12(14)11-7-5-10(6-8-11)4-2-3-9-13/h5-9H,3H2,1H3. The molecule has 1 rings (SSSR count). The normalized spacial score (nSPS) is 8.60. The Labute approximate surface area is 88.1 Å².